The van der Waals surface area contributed by atoms with Crippen LogP contribution in [-0.4, -0.2) is 59.8 Å². The van der Waals surface area contributed by atoms with Crippen LogP contribution in [0.1, 0.15) is 57.7 Å². The second-order valence-corrected chi connectivity index (χ2v) is 11.2. The van der Waals surface area contributed by atoms with Crippen molar-refractivity contribution in [3.63, 3.8) is 0 Å². The number of rotatable bonds is 8. The molecular weight excluding hydrogens is 436 g/mol. The van der Waals surface area contributed by atoms with Crippen molar-refractivity contribution in [1.82, 2.24) is 19.1 Å². The fourth-order valence-corrected chi connectivity index (χ4v) is 6.93. The minimum atomic E-state index is -3.70. The van der Waals surface area contributed by atoms with Crippen LogP contribution in [-0.2, 0) is 21.4 Å². The number of aromatic nitrogens is 1. The number of hydrogen-bond acceptors (Lipinski definition) is 4. The minimum Gasteiger partial charge on any atom is -0.356 e. The summed E-state index contributed by atoms with van der Waals surface area (Å²) in [5, 5.41) is 3.04. The summed E-state index contributed by atoms with van der Waals surface area (Å²) in [5.41, 5.74) is 0.867. The lowest BCUT2D eigenvalue weighted by Crippen LogP contribution is -2.45. The van der Waals surface area contributed by atoms with Gasteiger partial charge < -0.3 is 9.88 Å². The molecule has 0 radical (unpaired) electrons. The highest BCUT2D eigenvalue weighted by molar-refractivity contribution is 7.89. The van der Waals surface area contributed by atoms with E-state index in [0.717, 1.165) is 18.7 Å². The molecule has 1 aromatic heterocycles. The molecular formula is C25H36N4O3S. The maximum atomic E-state index is 13.4. The summed E-state index contributed by atoms with van der Waals surface area (Å²) >= 11 is 0. The first kappa shape index (κ1) is 24.0. The summed E-state index contributed by atoms with van der Waals surface area (Å²) in [6.45, 7) is 7.08. The Balaban J connectivity index is 1.39. The summed E-state index contributed by atoms with van der Waals surface area (Å²) in [7, 11) is -3.70. The molecule has 1 amide bonds. The van der Waals surface area contributed by atoms with Gasteiger partial charge in [-0.05, 0) is 57.4 Å². The Bertz CT molecular complexity index is 1030. The van der Waals surface area contributed by atoms with Gasteiger partial charge in [0.2, 0.25) is 15.9 Å². The molecule has 1 fully saturated rings. The second-order valence-electron chi connectivity index (χ2n) is 9.35. The van der Waals surface area contributed by atoms with Crippen molar-refractivity contribution in [1.29, 1.82) is 0 Å². The van der Waals surface area contributed by atoms with Crippen molar-refractivity contribution in [2.24, 2.45) is 0 Å². The van der Waals surface area contributed by atoms with Crippen molar-refractivity contribution in [2.75, 3.05) is 19.6 Å². The number of likely N-dealkylation sites (tertiary alicyclic amines) is 1. The number of piperidine rings is 1. The van der Waals surface area contributed by atoms with E-state index in [0.29, 0.717) is 31.7 Å². The number of nitrogens with zero attached hydrogens (tertiary/aromatic N) is 3. The molecule has 180 valence electrons. The topological polar surface area (TPSA) is 74.7 Å². The molecule has 0 saturated carbocycles. The third-order valence-corrected chi connectivity index (χ3v) is 9.06. The standard InChI is InChI=1S/C25H36N4O3S/c1-20-9-6-10-21(2)28(20)16-8-14-26-25(30)19-24-23-13-7-15-27(23)17-18-29(24)33(31,32)22-11-4-3-5-12-22/h3-5,7,11-13,15,20-21,24H,6,8-10,14,16-19H2,1-2H3,(H,26,30). The van der Waals surface area contributed by atoms with Gasteiger partial charge in [-0.2, -0.15) is 4.31 Å². The average molecular weight is 473 g/mol. The lowest BCUT2D eigenvalue weighted by molar-refractivity contribution is -0.122. The van der Waals surface area contributed by atoms with Gasteiger partial charge in [0.05, 0.1) is 10.9 Å². The summed E-state index contributed by atoms with van der Waals surface area (Å²) in [6.07, 6.45) is 6.74. The van der Waals surface area contributed by atoms with Gasteiger partial charge in [-0.25, -0.2) is 8.42 Å². The summed E-state index contributed by atoms with van der Waals surface area (Å²) in [5.74, 6) is -0.109. The normalized spacial score (nSPS) is 24.4. The second kappa shape index (κ2) is 10.4. The first-order valence-corrected chi connectivity index (χ1v) is 13.6. The SMILES string of the molecule is CC1CCCC(C)N1CCCNC(=O)CC1c2cccn2CCN1S(=O)(=O)c1ccccc1. The van der Waals surface area contributed by atoms with E-state index in [4.69, 9.17) is 0 Å². The molecule has 1 saturated heterocycles. The Morgan fingerprint density at radius 3 is 2.48 bits per heavy atom. The number of hydrogen-bond donors (Lipinski definition) is 1. The van der Waals surface area contributed by atoms with Crippen molar-refractivity contribution in [2.45, 2.75) is 75.5 Å². The van der Waals surface area contributed by atoms with Crippen LogP contribution >= 0.6 is 0 Å². The molecule has 33 heavy (non-hydrogen) atoms. The molecule has 1 aromatic carbocycles. The van der Waals surface area contributed by atoms with Crippen molar-refractivity contribution < 1.29 is 13.2 Å². The lowest BCUT2D eigenvalue weighted by atomic mass is 9.97. The fraction of sp³-hybridized carbons (Fsp3) is 0.560. The molecule has 7 nitrogen and oxygen atoms in total. The Morgan fingerprint density at radius 1 is 1.03 bits per heavy atom. The highest BCUT2D eigenvalue weighted by Crippen LogP contribution is 2.33. The molecule has 0 bridgehead atoms. The van der Waals surface area contributed by atoms with Gasteiger partial charge in [0.1, 0.15) is 0 Å². The van der Waals surface area contributed by atoms with Crippen LogP contribution in [0.4, 0.5) is 0 Å². The lowest BCUT2D eigenvalue weighted by Gasteiger charge is -2.39. The summed E-state index contributed by atoms with van der Waals surface area (Å²) in [6, 6.07) is 13.0. The van der Waals surface area contributed by atoms with Gasteiger partial charge in [0, 0.05) is 56.6 Å². The van der Waals surface area contributed by atoms with Crippen LogP contribution in [0.2, 0.25) is 0 Å². The van der Waals surface area contributed by atoms with E-state index in [9.17, 15) is 13.2 Å². The predicted molar refractivity (Wildman–Crippen MR) is 129 cm³/mol. The summed E-state index contributed by atoms with van der Waals surface area (Å²) < 4.78 is 30.3. The molecule has 3 atom stereocenters. The van der Waals surface area contributed by atoms with Gasteiger partial charge in [-0.1, -0.05) is 24.6 Å². The smallest absolute Gasteiger partial charge is 0.243 e. The Kier molecular flexibility index (Phi) is 7.56. The number of carbonyl (C=O) groups excluding carboxylic acids is 1. The quantitative estimate of drug-likeness (QED) is 0.598. The largest absolute Gasteiger partial charge is 0.356 e. The molecule has 2 aromatic rings. The first-order valence-electron chi connectivity index (χ1n) is 12.1. The third kappa shape index (κ3) is 5.34. The van der Waals surface area contributed by atoms with Gasteiger partial charge in [0.15, 0.2) is 0 Å². The molecule has 8 heteroatoms. The van der Waals surface area contributed by atoms with E-state index in [1.54, 1.807) is 30.3 Å². The number of amides is 1. The van der Waals surface area contributed by atoms with Gasteiger partial charge in [0.25, 0.3) is 0 Å². The number of benzene rings is 1. The number of fused-ring (bicyclic) bond motifs is 1. The minimum absolute atomic E-state index is 0.109. The van der Waals surface area contributed by atoms with E-state index in [1.807, 2.05) is 22.9 Å². The predicted octanol–water partition coefficient (Wildman–Crippen LogP) is 3.39. The zero-order valence-corrected chi connectivity index (χ0v) is 20.5. The Labute approximate surface area is 197 Å². The van der Waals surface area contributed by atoms with E-state index in [-0.39, 0.29) is 17.2 Å². The Hall–Kier alpha value is -2.16. The van der Waals surface area contributed by atoms with Crippen LogP contribution in [0, 0.1) is 0 Å². The molecule has 2 aliphatic rings. The van der Waals surface area contributed by atoms with Crippen molar-refractivity contribution in [3.05, 3.63) is 54.4 Å². The van der Waals surface area contributed by atoms with Gasteiger partial charge >= 0.3 is 0 Å². The van der Waals surface area contributed by atoms with E-state index in [2.05, 4.69) is 24.1 Å². The first-order chi connectivity index (χ1) is 15.9. The van der Waals surface area contributed by atoms with Gasteiger partial charge in [-0.3, -0.25) is 9.69 Å². The zero-order valence-electron chi connectivity index (χ0n) is 19.7. The van der Waals surface area contributed by atoms with E-state index < -0.39 is 16.1 Å². The molecule has 1 N–H and O–H groups in total. The highest BCUT2D eigenvalue weighted by atomic mass is 32.2. The molecule has 2 aliphatic heterocycles. The molecule has 3 heterocycles. The summed E-state index contributed by atoms with van der Waals surface area (Å²) in [4.78, 5) is 15.7. The molecule has 0 aliphatic carbocycles. The van der Waals surface area contributed by atoms with E-state index >= 15 is 0 Å². The maximum Gasteiger partial charge on any atom is 0.243 e. The average Bonchev–Trinajstić information content (AvgIpc) is 3.28. The van der Waals surface area contributed by atoms with Crippen LogP contribution < -0.4 is 5.32 Å². The Morgan fingerprint density at radius 2 is 1.76 bits per heavy atom. The number of sulfonamides is 1. The van der Waals surface area contributed by atoms with Crippen LogP contribution in [0.25, 0.3) is 0 Å². The zero-order chi connectivity index (χ0) is 23.4. The van der Waals surface area contributed by atoms with E-state index in [1.165, 1.54) is 23.6 Å². The van der Waals surface area contributed by atoms with Crippen LogP contribution in [0.3, 0.4) is 0 Å². The van der Waals surface area contributed by atoms with Crippen molar-refractivity contribution >= 4 is 15.9 Å². The monoisotopic (exact) mass is 472 g/mol. The fourth-order valence-electron chi connectivity index (χ4n) is 5.32. The van der Waals surface area contributed by atoms with Crippen molar-refractivity contribution in [3.8, 4) is 0 Å². The number of nitrogens with one attached hydrogen (secondary N) is 1. The van der Waals surface area contributed by atoms with Crippen LogP contribution in [0.5, 0.6) is 0 Å². The molecule has 0 spiro atoms. The van der Waals surface area contributed by atoms with Crippen LogP contribution in [0.15, 0.2) is 53.6 Å². The maximum absolute atomic E-state index is 13.4. The highest BCUT2D eigenvalue weighted by Gasteiger charge is 2.37. The third-order valence-electron chi connectivity index (χ3n) is 7.13. The van der Waals surface area contributed by atoms with Gasteiger partial charge in [-0.15, -0.1) is 0 Å². The molecule has 3 unspecified atom stereocenters. The molecule has 4 rings (SSSR count). The number of carbonyl (C=O) groups is 1.